The number of nitrogens with zero attached hydrogens (tertiary/aromatic N) is 1. The maximum atomic E-state index is 11.6. The van der Waals surface area contributed by atoms with Crippen LogP contribution >= 0.6 is 0 Å². The fourth-order valence-corrected chi connectivity index (χ4v) is 2.32. The first kappa shape index (κ1) is 9.56. The Morgan fingerprint density at radius 2 is 1.93 bits per heavy atom. The summed E-state index contributed by atoms with van der Waals surface area (Å²) < 4.78 is 1.82. The Bertz CT molecular complexity index is 342. The van der Waals surface area contributed by atoms with Gasteiger partial charge in [-0.25, -0.2) is 4.68 Å². The Balaban J connectivity index is 2.20. The van der Waals surface area contributed by atoms with Gasteiger partial charge in [-0.1, -0.05) is 25.7 Å². The third kappa shape index (κ3) is 1.91. The lowest BCUT2D eigenvalue weighted by atomic mass is 10.1. The molecule has 1 fully saturated rings. The van der Waals surface area contributed by atoms with E-state index in [0.29, 0.717) is 6.04 Å². The highest BCUT2D eigenvalue weighted by atomic mass is 16.1. The van der Waals surface area contributed by atoms with Crippen molar-refractivity contribution < 1.29 is 0 Å². The van der Waals surface area contributed by atoms with Gasteiger partial charge in [0.05, 0.1) is 6.04 Å². The third-order valence-corrected chi connectivity index (χ3v) is 3.06. The Kier molecular flexibility index (Phi) is 2.75. The topological polar surface area (TPSA) is 37.8 Å². The second kappa shape index (κ2) is 4.03. The molecule has 0 aliphatic heterocycles. The van der Waals surface area contributed by atoms with Crippen LogP contribution < -0.4 is 5.56 Å². The van der Waals surface area contributed by atoms with Crippen molar-refractivity contribution >= 4 is 0 Å². The zero-order valence-corrected chi connectivity index (χ0v) is 8.75. The van der Waals surface area contributed by atoms with Gasteiger partial charge in [0.1, 0.15) is 0 Å². The van der Waals surface area contributed by atoms with E-state index in [0.717, 1.165) is 18.5 Å². The standard InChI is InChI=1S/C11H18N2O/c1-9-8-11(14)13(12-9)10-6-4-2-3-5-7-10/h8,10,12H,2-7H2,1H3. The maximum absolute atomic E-state index is 11.6. The van der Waals surface area contributed by atoms with E-state index in [2.05, 4.69) is 5.10 Å². The smallest absolute Gasteiger partial charge is 0.266 e. The number of hydrogen-bond acceptors (Lipinski definition) is 1. The first-order valence-electron chi connectivity index (χ1n) is 5.55. The molecule has 1 aliphatic rings. The molecule has 78 valence electrons. The molecule has 0 atom stereocenters. The van der Waals surface area contributed by atoms with Crippen LogP contribution in [0.25, 0.3) is 0 Å². The van der Waals surface area contributed by atoms with E-state index in [1.807, 2.05) is 11.6 Å². The van der Waals surface area contributed by atoms with Crippen LogP contribution in [0.1, 0.15) is 50.3 Å². The minimum atomic E-state index is 0.134. The molecule has 3 nitrogen and oxygen atoms in total. The van der Waals surface area contributed by atoms with Gasteiger partial charge in [0.15, 0.2) is 0 Å². The molecular formula is C11H18N2O. The summed E-state index contributed by atoms with van der Waals surface area (Å²) in [5.41, 5.74) is 1.11. The molecule has 0 bridgehead atoms. The SMILES string of the molecule is Cc1cc(=O)n(C2CCCCCC2)[nH]1. The second-order valence-corrected chi connectivity index (χ2v) is 4.29. The van der Waals surface area contributed by atoms with E-state index >= 15 is 0 Å². The molecule has 1 saturated carbocycles. The zero-order valence-electron chi connectivity index (χ0n) is 8.75. The van der Waals surface area contributed by atoms with Crippen molar-refractivity contribution in [3.8, 4) is 0 Å². The van der Waals surface area contributed by atoms with Crippen LogP contribution in [-0.2, 0) is 0 Å². The van der Waals surface area contributed by atoms with Gasteiger partial charge < -0.3 is 0 Å². The zero-order chi connectivity index (χ0) is 9.97. The van der Waals surface area contributed by atoms with Crippen molar-refractivity contribution in [2.45, 2.75) is 51.5 Å². The van der Waals surface area contributed by atoms with Gasteiger partial charge in [0.25, 0.3) is 5.56 Å². The van der Waals surface area contributed by atoms with E-state index in [9.17, 15) is 4.79 Å². The van der Waals surface area contributed by atoms with E-state index in [1.165, 1.54) is 25.7 Å². The molecule has 0 unspecified atom stereocenters. The van der Waals surface area contributed by atoms with Crippen molar-refractivity contribution in [1.82, 2.24) is 9.78 Å². The summed E-state index contributed by atoms with van der Waals surface area (Å²) in [5.74, 6) is 0. The number of rotatable bonds is 1. The summed E-state index contributed by atoms with van der Waals surface area (Å²) in [6.45, 7) is 1.94. The van der Waals surface area contributed by atoms with Crippen molar-refractivity contribution in [3.05, 3.63) is 22.1 Å². The Morgan fingerprint density at radius 3 is 2.43 bits per heavy atom. The Hall–Kier alpha value is -0.990. The van der Waals surface area contributed by atoms with Gasteiger partial charge in [0, 0.05) is 11.8 Å². The predicted molar refractivity (Wildman–Crippen MR) is 56.5 cm³/mol. The molecule has 0 amide bonds. The van der Waals surface area contributed by atoms with Crippen LogP contribution in [0.4, 0.5) is 0 Å². The van der Waals surface area contributed by atoms with Crippen LogP contribution in [0.5, 0.6) is 0 Å². The number of aryl methyl sites for hydroxylation is 1. The average Bonchev–Trinajstić information content (AvgIpc) is 2.43. The van der Waals surface area contributed by atoms with Crippen molar-refractivity contribution in [2.75, 3.05) is 0 Å². The molecule has 1 heterocycles. The Morgan fingerprint density at radius 1 is 1.29 bits per heavy atom. The fraction of sp³-hybridized carbons (Fsp3) is 0.727. The van der Waals surface area contributed by atoms with Crippen molar-refractivity contribution in [1.29, 1.82) is 0 Å². The average molecular weight is 194 g/mol. The summed E-state index contributed by atoms with van der Waals surface area (Å²) in [6.07, 6.45) is 7.47. The molecule has 1 aliphatic carbocycles. The number of H-pyrrole nitrogens is 1. The number of nitrogens with one attached hydrogen (secondary N) is 1. The second-order valence-electron chi connectivity index (χ2n) is 4.29. The quantitative estimate of drug-likeness (QED) is 0.685. The van der Waals surface area contributed by atoms with E-state index in [4.69, 9.17) is 0 Å². The van der Waals surface area contributed by atoms with Gasteiger partial charge in [-0.3, -0.25) is 9.89 Å². The highest BCUT2D eigenvalue weighted by Crippen LogP contribution is 2.25. The molecule has 14 heavy (non-hydrogen) atoms. The lowest BCUT2D eigenvalue weighted by molar-refractivity contribution is 0.395. The van der Waals surface area contributed by atoms with Gasteiger partial charge >= 0.3 is 0 Å². The van der Waals surface area contributed by atoms with Crippen molar-refractivity contribution in [2.24, 2.45) is 0 Å². The molecule has 0 aromatic carbocycles. The normalized spacial score (nSPS) is 19.5. The molecule has 1 N–H and O–H groups in total. The lowest BCUT2D eigenvalue weighted by Gasteiger charge is -2.14. The van der Waals surface area contributed by atoms with Crippen LogP contribution in [-0.4, -0.2) is 9.78 Å². The van der Waals surface area contributed by atoms with Crippen LogP contribution in [0.15, 0.2) is 10.9 Å². The molecule has 0 saturated heterocycles. The Labute approximate surface area is 84.1 Å². The summed E-state index contributed by atoms with van der Waals surface area (Å²) in [6, 6.07) is 2.10. The molecule has 0 spiro atoms. The van der Waals surface area contributed by atoms with Crippen LogP contribution in [0, 0.1) is 6.92 Å². The summed E-state index contributed by atoms with van der Waals surface area (Å²) >= 11 is 0. The monoisotopic (exact) mass is 194 g/mol. The molecule has 2 rings (SSSR count). The van der Waals surface area contributed by atoms with Gasteiger partial charge in [-0.05, 0) is 19.8 Å². The molecule has 1 aromatic rings. The highest BCUT2D eigenvalue weighted by molar-refractivity contribution is 4.97. The number of aromatic amines is 1. The third-order valence-electron chi connectivity index (χ3n) is 3.06. The first-order chi connectivity index (χ1) is 6.77. The summed E-state index contributed by atoms with van der Waals surface area (Å²) in [7, 11) is 0. The lowest BCUT2D eigenvalue weighted by Crippen LogP contribution is -2.21. The molecular weight excluding hydrogens is 176 g/mol. The van der Waals surface area contributed by atoms with Crippen molar-refractivity contribution in [3.63, 3.8) is 0 Å². The number of aromatic nitrogens is 2. The van der Waals surface area contributed by atoms with Crippen LogP contribution in [0.3, 0.4) is 0 Å². The van der Waals surface area contributed by atoms with Gasteiger partial charge in [-0.15, -0.1) is 0 Å². The van der Waals surface area contributed by atoms with Gasteiger partial charge in [-0.2, -0.15) is 0 Å². The van der Waals surface area contributed by atoms with Crippen LogP contribution in [0.2, 0.25) is 0 Å². The summed E-state index contributed by atoms with van der Waals surface area (Å²) in [4.78, 5) is 11.6. The minimum Gasteiger partial charge on any atom is -0.300 e. The van der Waals surface area contributed by atoms with Gasteiger partial charge in [0.2, 0.25) is 0 Å². The van der Waals surface area contributed by atoms with E-state index in [-0.39, 0.29) is 5.56 Å². The van der Waals surface area contributed by atoms with E-state index < -0.39 is 0 Å². The maximum Gasteiger partial charge on any atom is 0.266 e. The number of hydrogen-bond donors (Lipinski definition) is 1. The van der Waals surface area contributed by atoms with E-state index in [1.54, 1.807) is 6.07 Å². The first-order valence-corrected chi connectivity index (χ1v) is 5.55. The minimum absolute atomic E-state index is 0.134. The molecule has 0 radical (unpaired) electrons. The predicted octanol–water partition coefficient (Wildman–Crippen LogP) is 2.38. The largest absolute Gasteiger partial charge is 0.300 e. The fourth-order valence-electron chi connectivity index (χ4n) is 2.32. The molecule has 1 aromatic heterocycles. The molecule has 3 heteroatoms. The highest BCUT2D eigenvalue weighted by Gasteiger charge is 2.15. The summed E-state index contributed by atoms with van der Waals surface area (Å²) in [5, 5.41) is 3.15.